The Balaban J connectivity index is 2.24. The Labute approximate surface area is 119 Å². The fourth-order valence-corrected chi connectivity index (χ4v) is 3.47. The molecule has 1 atom stereocenters. The molecule has 2 rings (SSSR count). The molecular formula is C14H17NO4S. The van der Waals surface area contributed by atoms with Gasteiger partial charge in [-0.3, -0.25) is 0 Å². The number of hydrogen-bond acceptors (Lipinski definition) is 4. The van der Waals surface area contributed by atoms with Crippen molar-refractivity contribution >= 4 is 10.0 Å². The lowest BCUT2D eigenvalue weighted by atomic mass is 10.1. The minimum Gasteiger partial charge on any atom is -0.384 e. The Hall–Kier alpha value is -1.39. The molecule has 108 valence electrons. The van der Waals surface area contributed by atoms with Crippen molar-refractivity contribution in [1.29, 1.82) is 0 Å². The smallest absolute Gasteiger partial charge is 0.242 e. The summed E-state index contributed by atoms with van der Waals surface area (Å²) in [5, 5.41) is 8.73. The Morgan fingerprint density at radius 1 is 1.40 bits per heavy atom. The molecule has 0 spiro atoms. The molecule has 0 bridgehead atoms. The van der Waals surface area contributed by atoms with Gasteiger partial charge in [-0.1, -0.05) is 24.0 Å². The van der Waals surface area contributed by atoms with Crippen molar-refractivity contribution in [2.45, 2.75) is 23.8 Å². The molecule has 1 aromatic rings. The van der Waals surface area contributed by atoms with Crippen molar-refractivity contribution < 1.29 is 18.3 Å². The molecule has 0 aliphatic carbocycles. The van der Waals surface area contributed by atoms with E-state index in [9.17, 15) is 8.42 Å². The van der Waals surface area contributed by atoms with E-state index in [1.165, 1.54) is 6.07 Å². The van der Waals surface area contributed by atoms with Crippen molar-refractivity contribution in [3.05, 3.63) is 29.8 Å². The largest absolute Gasteiger partial charge is 0.384 e. The molecule has 0 amide bonds. The van der Waals surface area contributed by atoms with E-state index in [0.717, 1.165) is 12.8 Å². The van der Waals surface area contributed by atoms with Gasteiger partial charge in [-0.05, 0) is 25.0 Å². The van der Waals surface area contributed by atoms with Crippen LogP contribution in [-0.4, -0.2) is 39.4 Å². The van der Waals surface area contributed by atoms with Crippen molar-refractivity contribution in [2.24, 2.45) is 0 Å². The highest BCUT2D eigenvalue weighted by Crippen LogP contribution is 2.16. The quantitative estimate of drug-likeness (QED) is 0.796. The number of rotatable bonds is 3. The molecule has 0 saturated carbocycles. The highest BCUT2D eigenvalue weighted by molar-refractivity contribution is 7.89. The first-order valence-corrected chi connectivity index (χ1v) is 7.90. The molecule has 1 heterocycles. The summed E-state index contributed by atoms with van der Waals surface area (Å²) < 4.78 is 32.7. The van der Waals surface area contributed by atoms with Crippen molar-refractivity contribution in [3.8, 4) is 11.8 Å². The third kappa shape index (κ3) is 3.81. The zero-order valence-corrected chi connectivity index (χ0v) is 11.8. The van der Waals surface area contributed by atoms with Crippen molar-refractivity contribution in [1.82, 2.24) is 4.72 Å². The summed E-state index contributed by atoms with van der Waals surface area (Å²) >= 11 is 0. The van der Waals surface area contributed by atoms with Crippen LogP contribution in [0, 0.1) is 11.8 Å². The molecular weight excluding hydrogens is 278 g/mol. The summed E-state index contributed by atoms with van der Waals surface area (Å²) in [5.74, 6) is 5.13. The standard InChI is InChI=1S/C14H17NO4S/c16-9-3-6-12-5-1-2-8-14(12)20(17,18)15-13-7-4-10-19-11-13/h1-2,5,8,13,15-16H,4,7,9-11H2. The highest BCUT2D eigenvalue weighted by Gasteiger charge is 2.23. The van der Waals surface area contributed by atoms with Crippen LogP contribution < -0.4 is 4.72 Å². The molecule has 1 unspecified atom stereocenters. The average molecular weight is 295 g/mol. The van der Waals surface area contributed by atoms with Crippen LogP contribution in [-0.2, 0) is 14.8 Å². The second-order valence-corrected chi connectivity index (χ2v) is 6.17. The van der Waals surface area contributed by atoms with E-state index in [4.69, 9.17) is 9.84 Å². The Kier molecular flexibility index (Phi) is 5.15. The fraction of sp³-hybridized carbons (Fsp3) is 0.429. The lowest BCUT2D eigenvalue weighted by Gasteiger charge is -2.23. The summed E-state index contributed by atoms with van der Waals surface area (Å²) in [6.07, 6.45) is 1.61. The zero-order chi connectivity index (χ0) is 14.4. The molecule has 1 aliphatic heterocycles. The molecule has 2 N–H and O–H groups in total. The molecule has 0 aromatic heterocycles. The fourth-order valence-electron chi connectivity index (χ4n) is 2.06. The Morgan fingerprint density at radius 2 is 2.20 bits per heavy atom. The van der Waals surface area contributed by atoms with Crippen LogP contribution in [0.25, 0.3) is 0 Å². The average Bonchev–Trinajstić information content (AvgIpc) is 2.46. The molecule has 1 saturated heterocycles. The molecule has 1 aliphatic rings. The predicted molar refractivity (Wildman–Crippen MR) is 74.6 cm³/mol. The minimum atomic E-state index is -3.64. The van der Waals surface area contributed by atoms with Gasteiger partial charge in [-0.15, -0.1) is 0 Å². The van der Waals surface area contributed by atoms with E-state index in [1.807, 2.05) is 0 Å². The van der Waals surface area contributed by atoms with E-state index in [2.05, 4.69) is 16.6 Å². The SMILES string of the molecule is O=S(=O)(NC1CCCOC1)c1ccccc1C#CCO. The molecule has 1 aromatic carbocycles. The van der Waals surface area contributed by atoms with Gasteiger partial charge >= 0.3 is 0 Å². The van der Waals surface area contributed by atoms with Crippen LogP contribution in [0.5, 0.6) is 0 Å². The second-order valence-electron chi connectivity index (χ2n) is 4.49. The summed E-state index contributed by atoms with van der Waals surface area (Å²) in [5.41, 5.74) is 0.380. The topological polar surface area (TPSA) is 75.6 Å². The molecule has 0 radical (unpaired) electrons. The molecule has 20 heavy (non-hydrogen) atoms. The van der Waals surface area contributed by atoms with Crippen LogP contribution in [0.2, 0.25) is 0 Å². The third-order valence-electron chi connectivity index (χ3n) is 2.96. The van der Waals surface area contributed by atoms with Gasteiger partial charge in [0.15, 0.2) is 0 Å². The maximum atomic E-state index is 12.4. The van der Waals surface area contributed by atoms with Crippen LogP contribution in [0.3, 0.4) is 0 Å². The third-order valence-corrected chi connectivity index (χ3v) is 4.54. The number of ether oxygens (including phenoxy) is 1. The van der Waals surface area contributed by atoms with Gasteiger partial charge in [0.05, 0.1) is 11.5 Å². The number of benzene rings is 1. The second kappa shape index (κ2) is 6.86. The maximum Gasteiger partial charge on any atom is 0.242 e. The van der Waals surface area contributed by atoms with E-state index >= 15 is 0 Å². The summed E-state index contributed by atoms with van der Waals surface area (Å²) in [4.78, 5) is 0.131. The summed E-state index contributed by atoms with van der Waals surface area (Å²) in [7, 11) is -3.64. The first-order chi connectivity index (χ1) is 9.63. The molecule has 5 nitrogen and oxygen atoms in total. The number of aliphatic hydroxyl groups excluding tert-OH is 1. The van der Waals surface area contributed by atoms with Gasteiger partial charge in [0.1, 0.15) is 6.61 Å². The van der Waals surface area contributed by atoms with Gasteiger partial charge in [0.25, 0.3) is 0 Å². The normalized spacial score (nSPS) is 19.1. The van der Waals surface area contributed by atoms with Crippen LogP contribution in [0.15, 0.2) is 29.2 Å². The van der Waals surface area contributed by atoms with Crippen LogP contribution in [0.4, 0.5) is 0 Å². The van der Waals surface area contributed by atoms with Gasteiger partial charge in [-0.2, -0.15) is 0 Å². The van der Waals surface area contributed by atoms with E-state index in [1.54, 1.807) is 18.2 Å². The summed E-state index contributed by atoms with van der Waals surface area (Å²) in [6.45, 7) is 0.763. The first-order valence-electron chi connectivity index (χ1n) is 6.42. The Morgan fingerprint density at radius 3 is 2.90 bits per heavy atom. The van der Waals surface area contributed by atoms with Crippen molar-refractivity contribution in [2.75, 3.05) is 19.8 Å². The van der Waals surface area contributed by atoms with Gasteiger partial charge in [0, 0.05) is 18.2 Å². The Bertz CT molecular complexity index is 610. The van der Waals surface area contributed by atoms with E-state index in [0.29, 0.717) is 18.8 Å². The predicted octanol–water partition coefficient (Wildman–Crippen LogP) is 0.488. The first kappa shape index (κ1) is 15.0. The number of aliphatic hydroxyl groups is 1. The van der Waals surface area contributed by atoms with Crippen LogP contribution >= 0.6 is 0 Å². The molecule has 6 heteroatoms. The van der Waals surface area contributed by atoms with Crippen molar-refractivity contribution in [3.63, 3.8) is 0 Å². The zero-order valence-electron chi connectivity index (χ0n) is 11.0. The monoisotopic (exact) mass is 295 g/mol. The van der Waals surface area contributed by atoms with Gasteiger partial charge in [-0.25, -0.2) is 13.1 Å². The lowest BCUT2D eigenvalue weighted by molar-refractivity contribution is 0.0774. The number of sulfonamides is 1. The summed E-state index contributed by atoms with van der Waals surface area (Å²) in [6, 6.07) is 6.29. The van der Waals surface area contributed by atoms with E-state index < -0.39 is 10.0 Å². The van der Waals surface area contributed by atoms with E-state index in [-0.39, 0.29) is 17.5 Å². The highest BCUT2D eigenvalue weighted by atomic mass is 32.2. The van der Waals surface area contributed by atoms with Gasteiger partial charge in [0.2, 0.25) is 10.0 Å². The lowest BCUT2D eigenvalue weighted by Crippen LogP contribution is -2.40. The number of hydrogen-bond donors (Lipinski definition) is 2. The molecule has 1 fully saturated rings. The van der Waals surface area contributed by atoms with Gasteiger partial charge < -0.3 is 9.84 Å². The number of nitrogens with one attached hydrogen (secondary N) is 1. The maximum absolute atomic E-state index is 12.4. The van der Waals surface area contributed by atoms with Crippen LogP contribution in [0.1, 0.15) is 18.4 Å². The minimum absolute atomic E-state index is 0.131.